The maximum Gasteiger partial charge on any atom is 0.417 e. The van der Waals surface area contributed by atoms with Crippen LogP contribution in [-0.4, -0.2) is 59.5 Å². The smallest absolute Gasteiger partial charge is 0.371 e. The maximum atomic E-state index is 15.0. The number of methoxy groups -OCH3 is 1. The molecule has 5 rings (SSSR count). The van der Waals surface area contributed by atoms with Gasteiger partial charge in [-0.05, 0) is 38.2 Å². The van der Waals surface area contributed by atoms with Crippen molar-refractivity contribution in [2.75, 3.05) is 37.6 Å². The van der Waals surface area contributed by atoms with Gasteiger partial charge < -0.3 is 20.1 Å². The van der Waals surface area contributed by atoms with Crippen molar-refractivity contribution in [1.82, 2.24) is 14.9 Å². The average molecular weight is 607 g/mol. The fourth-order valence-electron chi connectivity index (χ4n) is 5.08. The molecule has 0 radical (unpaired) electrons. The molecule has 3 heterocycles. The molecule has 0 bridgehead atoms. The molecule has 0 saturated carbocycles. The van der Waals surface area contributed by atoms with Crippen LogP contribution in [0.3, 0.4) is 0 Å². The highest BCUT2D eigenvalue weighted by Gasteiger charge is 2.39. The maximum absolute atomic E-state index is 15.0. The van der Waals surface area contributed by atoms with Crippen LogP contribution in [-0.2, 0) is 17.5 Å². The van der Waals surface area contributed by atoms with E-state index in [0.717, 1.165) is 23.9 Å². The Balaban J connectivity index is 0.000000867. The summed E-state index contributed by atoms with van der Waals surface area (Å²) in [6, 6.07) is 2.33. The summed E-state index contributed by atoms with van der Waals surface area (Å²) in [5.41, 5.74) is -2.32. The fraction of sp³-hybridized carbons (Fsp3) is 0.462. The Kier molecular flexibility index (Phi) is 9.30. The second-order valence-corrected chi connectivity index (χ2v) is 11.1. The fourth-order valence-corrected chi connectivity index (χ4v) is 6.45. The first kappa shape index (κ1) is 30.5. The summed E-state index contributed by atoms with van der Waals surface area (Å²) >= 11 is 6.98. The molecule has 2 atom stereocenters. The van der Waals surface area contributed by atoms with Crippen LogP contribution in [0.2, 0.25) is 5.02 Å². The van der Waals surface area contributed by atoms with E-state index in [1.165, 1.54) is 11.7 Å². The third-order valence-electron chi connectivity index (χ3n) is 6.54. The Morgan fingerprint density at radius 3 is 2.42 bits per heavy atom. The van der Waals surface area contributed by atoms with E-state index in [1.54, 1.807) is 0 Å². The Morgan fingerprint density at radius 1 is 1.18 bits per heavy atom. The van der Waals surface area contributed by atoms with Crippen LogP contribution in [0.5, 0.6) is 0 Å². The summed E-state index contributed by atoms with van der Waals surface area (Å²) in [5.74, 6) is -1.67. The number of aliphatic hydroxyl groups excluding tert-OH is 1. The van der Waals surface area contributed by atoms with Gasteiger partial charge in [-0.25, -0.2) is 13.6 Å². The highest BCUT2D eigenvalue weighted by Crippen LogP contribution is 2.49. The van der Waals surface area contributed by atoms with Gasteiger partial charge in [0.05, 0.1) is 16.1 Å². The van der Waals surface area contributed by atoms with Crippen molar-refractivity contribution in [1.29, 1.82) is 0 Å². The minimum absolute atomic E-state index is 0.0226. The first-order chi connectivity index (χ1) is 18.9. The SMILES string of the molecule is CC1CN(c2nc(=O)n3c4c(c(-c5cc(Cl)c(F)cc5F)c(C(F)(F)F)cc24)SCCC3)CC(C)N1.COCO. The van der Waals surface area contributed by atoms with E-state index in [9.17, 15) is 26.7 Å². The largest absolute Gasteiger partial charge is 0.417 e. The van der Waals surface area contributed by atoms with Gasteiger partial charge in [0.2, 0.25) is 0 Å². The second-order valence-electron chi connectivity index (χ2n) is 9.63. The molecule has 3 aromatic rings. The Morgan fingerprint density at radius 2 is 1.82 bits per heavy atom. The Labute approximate surface area is 236 Å². The third-order valence-corrected chi connectivity index (χ3v) is 8.01. The molecule has 2 aliphatic rings. The molecule has 2 N–H and O–H groups in total. The molecule has 1 aromatic heterocycles. The molecule has 0 aliphatic carbocycles. The summed E-state index contributed by atoms with van der Waals surface area (Å²) in [5, 5.41) is 10.7. The molecule has 0 amide bonds. The molecule has 1 saturated heterocycles. The number of nitrogens with zero attached hydrogens (tertiary/aromatic N) is 3. The second kappa shape index (κ2) is 12.2. The van der Waals surface area contributed by atoms with Crippen molar-refractivity contribution in [3.8, 4) is 11.1 Å². The molecule has 218 valence electrons. The zero-order valence-corrected chi connectivity index (χ0v) is 23.5. The molecule has 14 heteroatoms. The number of anilines is 1. The summed E-state index contributed by atoms with van der Waals surface area (Å²) in [6.45, 7) is 4.87. The summed E-state index contributed by atoms with van der Waals surface area (Å²) in [4.78, 5) is 19.3. The summed E-state index contributed by atoms with van der Waals surface area (Å²) in [6.07, 6.45) is -4.37. The Hall–Kier alpha value is -2.45. The number of ether oxygens (including phenoxy) is 1. The minimum Gasteiger partial charge on any atom is -0.371 e. The van der Waals surface area contributed by atoms with Gasteiger partial charge in [0, 0.05) is 66.3 Å². The number of alkyl halides is 3. The van der Waals surface area contributed by atoms with E-state index in [-0.39, 0.29) is 47.0 Å². The molecular weight excluding hydrogens is 579 g/mol. The number of hydrogen-bond donors (Lipinski definition) is 2. The number of aromatic nitrogens is 2. The molecule has 1 fully saturated rings. The van der Waals surface area contributed by atoms with Crippen molar-refractivity contribution in [2.45, 2.75) is 50.0 Å². The highest BCUT2D eigenvalue weighted by atomic mass is 35.5. The standard InChI is InChI=1S/C24H22ClF5N4OS.C2H6O2/c1-11-9-33(10-12(2)31-11)22-14-6-15(24(28,29)30)19(13-7-16(25)18(27)8-17(13)26)21-20(14)34(23(35)32-22)4-3-5-36-21;1-4-2-3/h6-8,11-12,31H,3-5,9-10H2,1-2H3;3H,2H2,1H3. The molecule has 40 heavy (non-hydrogen) atoms. The van der Waals surface area contributed by atoms with Crippen molar-refractivity contribution in [3.05, 3.63) is 50.9 Å². The Bertz CT molecular complexity index is 1460. The van der Waals surface area contributed by atoms with E-state index in [4.69, 9.17) is 16.7 Å². The van der Waals surface area contributed by atoms with Gasteiger partial charge >= 0.3 is 11.9 Å². The monoisotopic (exact) mass is 606 g/mol. The van der Waals surface area contributed by atoms with Crippen LogP contribution in [0.25, 0.3) is 22.0 Å². The van der Waals surface area contributed by atoms with E-state index < -0.39 is 45.2 Å². The number of aliphatic hydroxyl groups is 1. The lowest BCUT2D eigenvalue weighted by molar-refractivity contribution is -0.137. The van der Waals surface area contributed by atoms with Gasteiger partial charge in [-0.1, -0.05) is 11.6 Å². The number of aryl methyl sites for hydroxylation is 1. The van der Waals surface area contributed by atoms with E-state index in [2.05, 4.69) is 15.0 Å². The quantitative estimate of drug-likeness (QED) is 0.239. The average Bonchev–Trinajstić information content (AvgIpc) is 3.11. The number of halogens is 6. The van der Waals surface area contributed by atoms with Crippen molar-refractivity contribution >= 4 is 40.1 Å². The summed E-state index contributed by atoms with van der Waals surface area (Å²) < 4.78 is 77.9. The van der Waals surface area contributed by atoms with Gasteiger partial charge in [0.15, 0.2) is 0 Å². The number of benzene rings is 2. The summed E-state index contributed by atoms with van der Waals surface area (Å²) in [7, 11) is 1.43. The third kappa shape index (κ3) is 6.08. The van der Waals surface area contributed by atoms with E-state index in [0.29, 0.717) is 31.3 Å². The number of piperazine rings is 1. The van der Waals surface area contributed by atoms with Crippen LogP contribution in [0.15, 0.2) is 27.9 Å². The zero-order chi connectivity index (χ0) is 29.4. The lowest BCUT2D eigenvalue weighted by atomic mass is 9.95. The first-order valence-electron chi connectivity index (χ1n) is 12.4. The van der Waals surface area contributed by atoms with E-state index in [1.807, 2.05) is 18.7 Å². The van der Waals surface area contributed by atoms with Crippen molar-refractivity contribution in [2.24, 2.45) is 0 Å². The first-order valence-corrected chi connectivity index (χ1v) is 13.8. The van der Waals surface area contributed by atoms with Crippen LogP contribution in [0, 0.1) is 11.6 Å². The predicted molar refractivity (Wildman–Crippen MR) is 145 cm³/mol. The lowest BCUT2D eigenvalue weighted by Crippen LogP contribution is -2.55. The van der Waals surface area contributed by atoms with Gasteiger partial charge in [-0.2, -0.15) is 18.2 Å². The highest BCUT2D eigenvalue weighted by molar-refractivity contribution is 7.99. The topological polar surface area (TPSA) is 79.6 Å². The van der Waals surface area contributed by atoms with Crippen LogP contribution < -0.4 is 15.9 Å². The van der Waals surface area contributed by atoms with E-state index >= 15 is 0 Å². The van der Waals surface area contributed by atoms with Crippen LogP contribution in [0.4, 0.5) is 27.8 Å². The number of nitrogens with one attached hydrogen (secondary N) is 1. The number of hydrogen-bond acceptors (Lipinski definition) is 7. The minimum atomic E-state index is -4.87. The molecular formula is C26H28ClF5N4O3S. The van der Waals surface area contributed by atoms with Crippen molar-refractivity contribution < 1.29 is 31.8 Å². The van der Waals surface area contributed by atoms with Gasteiger partial charge in [0.25, 0.3) is 0 Å². The van der Waals surface area contributed by atoms with Crippen molar-refractivity contribution in [3.63, 3.8) is 0 Å². The molecule has 2 aliphatic heterocycles. The molecule has 2 unspecified atom stereocenters. The van der Waals surface area contributed by atoms with Crippen LogP contribution >= 0.6 is 23.4 Å². The van der Waals surface area contributed by atoms with Crippen LogP contribution in [0.1, 0.15) is 25.8 Å². The molecule has 0 spiro atoms. The normalized spacial score (nSPS) is 19.3. The molecule has 2 aromatic carbocycles. The number of rotatable bonds is 3. The zero-order valence-electron chi connectivity index (χ0n) is 21.9. The number of thioether (sulfide) groups is 1. The van der Waals surface area contributed by atoms with Gasteiger partial charge in [-0.3, -0.25) is 4.57 Å². The predicted octanol–water partition coefficient (Wildman–Crippen LogP) is 5.28. The van der Waals surface area contributed by atoms with Gasteiger partial charge in [-0.15, -0.1) is 11.8 Å². The van der Waals surface area contributed by atoms with Gasteiger partial charge in [0.1, 0.15) is 24.2 Å². The lowest BCUT2D eigenvalue weighted by Gasteiger charge is -2.37. The molecule has 7 nitrogen and oxygen atoms in total.